The van der Waals surface area contributed by atoms with Gasteiger partial charge in [0.2, 0.25) is 0 Å². The van der Waals surface area contributed by atoms with Crippen molar-refractivity contribution in [2.45, 2.75) is 18.9 Å². The quantitative estimate of drug-likeness (QED) is 0.612. The Hall–Kier alpha value is -1.68. The van der Waals surface area contributed by atoms with Gasteiger partial charge in [-0.3, -0.25) is 0 Å². The molecule has 0 fully saturated rings. The van der Waals surface area contributed by atoms with Gasteiger partial charge in [-0.1, -0.05) is 24.3 Å². The third kappa shape index (κ3) is 2.91. The molecule has 17 heavy (non-hydrogen) atoms. The van der Waals surface area contributed by atoms with Crippen LogP contribution in [0.2, 0.25) is 0 Å². The minimum atomic E-state index is -1.67. The van der Waals surface area contributed by atoms with Gasteiger partial charge < -0.3 is 9.84 Å². The van der Waals surface area contributed by atoms with E-state index in [1.54, 1.807) is 12.1 Å². The van der Waals surface area contributed by atoms with E-state index in [9.17, 15) is 14.3 Å². The SMILES string of the molecule is C=CCCOC(C)(C(=O)O)c1ccccc1F. The van der Waals surface area contributed by atoms with E-state index in [2.05, 4.69) is 6.58 Å². The van der Waals surface area contributed by atoms with Crippen molar-refractivity contribution < 1.29 is 19.0 Å². The van der Waals surface area contributed by atoms with E-state index in [-0.39, 0.29) is 12.2 Å². The Labute approximate surface area is 99.5 Å². The van der Waals surface area contributed by atoms with E-state index in [0.717, 1.165) is 0 Å². The number of hydrogen-bond donors (Lipinski definition) is 1. The van der Waals surface area contributed by atoms with E-state index in [1.165, 1.54) is 25.1 Å². The van der Waals surface area contributed by atoms with E-state index in [1.807, 2.05) is 0 Å². The Morgan fingerprint density at radius 1 is 1.59 bits per heavy atom. The first kappa shape index (κ1) is 13.4. The van der Waals surface area contributed by atoms with Gasteiger partial charge in [-0.25, -0.2) is 9.18 Å². The lowest BCUT2D eigenvalue weighted by Gasteiger charge is -2.26. The smallest absolute Gasteiger partial charge is 0.340 e. The average Bonchev–Trinajstić information content (AvgIpc) is 2.29. The minimum Gasteiger partial charge on any atom is -0.479 e. The van der Waals surface area contributed by atoms with Gasteiger partial charge in [-0.05, 0) is 19.4 Å². The van der Waals surface area contributed by atoms with Crippen LogP contribution < -0.4 is 0 Å². The van der Waals surface area contributed by atoms with Crippen LogP contribution in [-0.2, 0) is 15.1 Å². The first-order valence-electron chi connectivity index (χ1n) is 5.25. The molecule has 0 saturated carbocycles. The molecular weight excluding hydrogens is 223 g/mol. The van der Waals surface area contributed by atoms with Crippen molar-refractivity contribution in [2.75, 3.05) is 6.61 Å². The monoisotopic (exact) mass is 238 g/mol. The predicted octanol–water partition coefficient (Wildman–Crippen LogP) is 2.72. The maximum atomic E-state index is 13.6. The maximum absolute atomic E-state index is 13.6. The van der Waals surface area contributed by atoms with Crippen molar-refractivity contribution in [2.24, 2.45) is 0 Å². The van der Waals surface area contributed by atoms with Gasteiger partial charge in [0.25, 0.3) is 0 Å². The fourth-order valence-corrected chi connectivity index (χ4v) is 1.45. The molecule has 92 valence electrons. The molecule has 1 unspecified atom stereocenters. The summed E-state index contributed by atoms with van der Waals surface area (Å²) in [6.45, 7) is 5.04. The Bertz CT molecular complexity index is 417. The maximum Gasteiger partial charge on any atom is 0.340 e. The van der Waals surface area contributed by atoms with Gasteiger partial charge in [0.1, 0.15) is 5.82 Å². The van der Waals surface area contributed by atoms with E-state index < -0.39 is 17.4 Å². The number of carbonyl (C=O) groups is 1. The van der Waals surface area contributed by atoms with Crippen molar-refractivity contribution in [1.82, 2.24) is 0 Å². The van der Waals surface area contributed by atoms with Crippen molar-refractivity contribution in [3.63, 3.8) is 0 Å². The summed E-state index contributed by atoms with van der Waals surface area (Å²) >= 11 is 0. The summed E-state index contributed by atoms with van der Waals surface area (Å²) in [5.74, 6) is -1.80. The Kier molecular flexibility index (Phi) is 4.40. The summed E-state index contributed by atoms with van der Waals surface area (Å²) in [6.07, 6.45) is 2.13. The molecule has 1 N–H and O–H groups in total. The van der Waals surface area contributed by atoms with E-state index in [4.69, 9.17) is 4.74 Å². The Morgan fingerprint density at radius 2 is 2.24 bits per heavy atom. The number of hydrogen-bond acceptors (Lipinski definition) is 2. The van der Waals surface area contributed by atoms with Crippen LogP contribution in [0.15, 0.2) is 36.9 Å². The van der Waals surface area contributed by atoms with Crippen LogP contribution in [0.3, 0.4) is 0 Å². The summed E-state index contributed by atoms with van der Waals surface area (Å²) < 4.78 is 18.9. The summed E-state index contributed by atoms with van der Waals surface area (Å²) in [6, 6.07) is 5.71. The summed E-state index contributed by atoms with van der Waals surface area (Å²) in [7, 11) is 0. The van der Waals surface area contributed by atoms with Gasteiger partial charge in [-0.2, -0.15) is 0 Å². The summed E-state index contributed by atoms with van der Waals surface area (Å²) in [5, 5.41) is 9.19. The number of aliphatic carboxylic acids is 1. The van der Waals surface area contributed by atoms with E-state index >= 15 is 0 Å². The van der Waals surface area contributed by atoms with Crippen LogP contribution in [0.1, 0.15) is 18.9 Å². The topological polar surface area (TPSA) is 46.5 Å². The second-order valence-corrected chi connectivity index (χ2v) is 3.74. The molecule has 0 bridgehead atoms. The highest BCUT2D eigenvalue weighted by atomic mass is 19.1. The van der Waals surface area contributed by atoms with Crippen LogP contribution in [-0.4, -0.2) is 17.7 Å². The van der Waals surface area contributed by atoms with E-state index in [0.29, 0.717) is 6.42 Å². The minimum absolute atomic E-state index is 0.0246. The van der Waals surface area contributed by atoms with Crippen LogP contribution in [0.5, 0.6) is 0 Å². The zero-order valence-corrected chi connectivity index (χ0v) is 9.65. The number of halogens is 1. The lowest BCUT2D eigenvalue weighted by molar-refractivity contribution is -0.165. The molecular formula is C13H15FO3. The molecule has 0 amide bonds. The fraction of sp³-hybridized carbons (Fsp3) is 0.308. The molecule has 0 saturated heterocycles. The zero-order valence-electron chi connectivity index (χ0n) is 9.65. The third-order valence-corrected chi connectivity index (χ3v) is 2.51. The van der Waals surface area contributed by atoms with Gasteiger partial charge >= 0.3 is 5.97 Å². The molecule has 1 rings (SSSR count). The van der Waals surface area contributed by atoms with Crippen molar-refractivity contribution >= 4 is 5.97 Å². The molecule has 3 nitrogen and oxygen atoms in total. The third-order valence-electron chi connectivity index (χ3n) is 2.51. The van der Waals surface area contributed by atoms with Crippen LogP contribution >= 0.6 is 0 Å². The van der Waals surface area contributed by atoms with Crippen LogP contribution in [0, 0.1) is 5.82 Å². The van der Waals surface area contributed by atoms with Crippen molar-refractivity contribution in [3.05, 3.63) is 48.3 Å². The lowest BCUT2D eigenvalue weighted by Crippen LogP contribution is -2.36. The first-order chi connectivity index (χ1) is 8.02. The van der Waals surface area contributed by atoms with Crippen molar-refractivity contribution in [3.8, 4) is 0 Å². The second-order valence-electron chi connectivity index (χ2n) is 3.74. The zero-order chi connectivity index (χ0) is 12.9. The molecule has 0 aliphatic rings. The van der Waals surface area contributed by atoms with Gasteiger partial charge in [0.15, 0.2) is 5.60 Å². The largest absolute Gasteiger partial charge is 0.479 e. The average molecular weight is 238 g/mol. The standard InChI is InChI=1S/C13H15FO3/c1-3-4-9-17-13(2,12(15)16)10-7-5-6-8-11(10)14/h3,5-8H,1,4,9H2,2H3,(H,15,16). The number of rotatable bonds is 6. The second kappa shape index (κ2) is 5.59. The summed E-state index contributed by atoms with van der Waals surface area (Å²) in [5.41, 5.74) is -1.65. The Balaban J connectivity index is 3.03. The molecule has 0 heterocycles. The Morgan fingerprint density at radius 3 is 2.76 bits per heavy atom. The van der Waals surface area contributed by atoms with Crippen molar-refractivity contribution in [1.29, 1.82) is 0 Å². The number of carboxylic acid groups (broad SMARTS) is 1. The molecule has 4 heteroatoms. The highest BCUT2D eigenvalue weighted by Crippen LogP contribution is 2.28. The normalized spacial score (nSPS) is 14.0. The number of ether oxygens (including phenoxy) is 1. The highest BCUT2D eigenvalue weighted by Gasteiger charge is 2.38. The fourth-order valence-electron chi connectivity index (χ4n) is 1.45. The lowest BCUT2D eigenvalue weighted by atomic mass is 9.95. The molecule has 0 radical (unpaired) electrons. The van der Waals surface area contributed by atoms with Gasteiger partial charge in [0.05, 0.1) is 6.61 Å². The van der Waals surface area contributed by atoms with Crippen LogP contribution in [0.25, 0.3) is 0 Å². The van der Waals surface area contributed by atoms with Crippen LogP contribution in [0.4, 0.5) is 4.39 Å². The molecule has 0 spiro atoms. The van der Waals surface area contributed by atoms with Gasteiger partial charge in [-0.15, -0.1) is 6.58 Å². The number of benzene rings is 1. The number of carboxylic acids is 1. The molecule has 0 aromatic heterocycles. The molecule has 1 atom stereocenters. The molecule has 0 aliphatic heterocycles. The molecule has 1 aromatic carbocycles. The first-order valence-corrected chi connectivity index (χ1v) is 5.25. The predicted molar refractivity (Wildman–Crippen MR) is 62.2 cm³/mol. The molecule has 1 aromatic rings. The highest BCUT2D eigenvalue weighted by molar-refractivity contribution is 5.79. The summed E-state index contributed by atoms with van der Waals surface area (Å²) in [4.78, 5) is 11.3. The van der Waals surface area contributed by atoms with Gasteiger partial charge in [0, 0.05) is 5.56 Å². The molecule has 0 aliphatic carbocycles.